The molecule has 0 radical (unpaired) electrons. The third kappa shape index (κ3) is 3.14. The zero-order chi connectivity index (χ0) is 17.2. The lowest BCUT2D eigenvalue weighted by Gasteiger charge is -2.09. The predicted molar refractivity (Wildman–Crippen MR) is 99.4 cm³/mol. The maximum absolute atomic E-state index is 11.4. The molecule has 2 aromatic heterocycles. The first kappa shape index (κ1) is 15.5. The number of ether oxygens (including phenoxy) is 1. The van der Waals surface area contributed by atoms with Crippen molar-refractivity contribution in [1.29, 1.82) is 0 Å². The van der Waals surface area contributed by atoms with E-state index in [1.165, 1.54) is 0 Å². The number of thiophene rings is 1. The number of ketones is 1. The fourth-order valence-electron chi connectivity index (χ4n) is 2.51. The molecule has 4 nitrogen and oxygen atoms in total. The largest absolute Gasteiger partial charge is 0.438 e. The highest BCUT2D eigenvalue weighted by Gasteiger charge is 2.12. The van der Waals surface area contributed by atoms with Gasteiger partial charge in [-0.05, 0) is 54.8 Å². The van der Waals surface area contributed by atoms with E-state index in [1.807, 2.05) is 41.8 Å². The van der Waals surface area contributed by atoms with Crippen LogP contribution in [0.4, 0.5) is 0 Å². The molecule has 25 heavy (non-hydrogen) atoms. The van der Waals surface area contributed by atoms with Crippen LogP contribution in [0.25, 0.3) is 21.6 Å². The minimum absolute atomic E-state index is 0.0269. The van der Waals surface area contributed by atoms with E-state index in [1.54, 1.807) is 42.5 Å². The molecule has 0 saturated carbocycles. The van der Waals surface area contributed by atoms with Crippen LogP contribution in [-0.4, -0.2) is 15.8 Å². The van der Waals surface area contributed by atoms with Crippen molar-refractivity contribution in [3.8, 4) is 22.3 Å². The van der Waals surface area contributed by atoms with E-state index in [2.05, 4.69) is 9.97 Å². The van der Waals surface area contributed by atoms with Crippen molar-refractivity contribution in [1.82, 2.24) is 9.97 Å². The third-order valence-corrected chi connectivity index (χ3v) is 4.65. The maximum atomic E-state index is 11.4. The van der Waals surface area contributed by atoms with Crippen molar-refractivity contribution in [2.24, 2.45) is 0 Å². The average Bonchev–Trinajstić information content (AvgIpc) is 3.17. The summed E-state index contributed by atoms with van der Waals surface area (Å²) in [6.45, 7) is 1.54. The lowest BCUT2D eigenvalue weighted by Crippen LogP contribution is -1.96. The topological polar surface area (TPSA) is 52.1 Å². The van der Waals surface area contributed by atoms with Gasteiger partial charge in [-0.25, -0.2) is 4.98 Å². The van der Waals surface area contributed by atoms with Crippen molar-refractivity contribution in [2.45, 2.75) is 6.92 Å². The summed E-state index contributed by atoms with van der Waals surface area (Å²) in [6.07, 6.45) is 0. The average molecular weight is 346 g/mol. The van der Waals surface area contributed by atoms with Gasteiger partial charge in [0.15, 0.2) is 11.6 Å². The van der Waals surface area contributed by atoms with E-state index in [0.29, 0.717) is 23.0 Å². The number of fused-ring (bicyclic) bond motifs is 1. The van der Waals surface area contributed by atoms with E-state index in [9.17, 15) is 4.79 Å². The number of para-hydroxylation sites is 1. The van der Waals surface area contributed by atoms with E-state index in [0.717, 1.165) is 15.8 Å². The van der Waals surface area contributed by atoms with E-state index < -0.39 is 0 Å². The maximum Gasteiger partial charge on any atom is 0.230 e. The number of Topliss-reactive ketones (excluding diaryl/α,β-unsaturated/α-hetero) is 1. The molecule has 0 aliphatic carbocycles. The second-order valence-corrected chi connectivity index (χ2v) is 6.48. The summed E-state index contributed by atoms with van der Waals surface area (Å²) < 4.78 is 6.01. The number of aromatic nitrogens is 2. The van der Waals surface area contributed by atoms with Gasteiger partial charge >= 0.3 is 0 Å². The Morgan fingerprint density at radius 2 is 1.76 bits per heavy atom. The molecular formula is C20H14N2O2S. The summed E-state index contributed by atoms with van der Waals surface area (Å²) in [5, 5.41) is 2.84. The molecule has 0 atom stereocenters. The molecular weight excluding hydrogens is 332 g/mol. The van der Waals surface area contributed by atoms with E-state index in [-0.39, 0.29) is 5.78 Å². The van der Waals surface area contributed by atoms with Crippen LogP contribution in [0.2, 0.25) is 0 Å². The van der Waals surface area contributed by atoms with Gasteiger partial charge in [-0.3, -0.25) is 4.79 Å². The van der Waals surface area contributed by atoms with Crippen LogP contribution in [0.1, 0.15) is 17.3 Å². The molecule has 0 N–H and O–H groups in total. The zero-order valence-electron chi connectivity index (χ0n) is 13.5. The van der Waals surface area contributed by atoms with Crippen LogP contribution in [0.15, 0.2) is 66.0 Å². The van der Waals surface area contributed by atoms with Gasteiger partial charge in [0.1, 0.15) is 5.75 Å². The van der Waals surface area contributed by atoms with Crippen LogP contribution in [0.5, 0.6) is 11.6 Å². The minimum atomic E-state index is 0.0269. The zero-order valence-corrected chi connectivity index (χ0v) is 14.3. The Labute approximate surface area is 148 Å². The lowest BCUT2D eigenvalue weighted by atomic mass is 10.1. The fourth-order valence-corrected chi connectivity index (χ4v) is 3.17. The second-order valence-electron chi connectivity index (χ2n) is 5.53. The molecule has 0 amide bonds. The molecule has 5 heteroatoms. The van der Waals surface area contributed by atoms with Crippen molar-refractivity contribution in [2.75, 3.05) is 0 Å². The minimum Gasteiger partial charge on any atom is -0.438 e. The number of carbonyl (C=O) groups is 1. The Balaban J connectivity index is 1.78. The molecule has 2 aromatic carbocycles. The fraction of sp³-hybridized carbons (Fsp3) is 0.0500. The third-order valence-electron chi connectivity index (χ3n) is 3.79. The highest BCUT2D eigenvalue weighted by molar-refractivity contribution is 7.13. The first-order chi connectivity index (χ1) is 12.2. The molecule has 2 heterocycles. The van der Waals surface area contributed by atoms with Gasteiger partial charge in [0.25, 0.3) is 0 Å². The summed E-state index contributed by atoms with van der Waals surface area (Å²) >= 11 is 1.59. The molecule has 0 spiro atoms. The molecule has 0 unspecified atom stereocenters. The molecule has 0 saturated heterocycles. The lowest BCUT2D eigenvalue weighted by molar-refractivity contribution is 0.101. The smallest absolute Gasteiger partial charge is 0.230 e. The van der Waals surface area contributed by atoms with Gasteiger partial charge in [0.05, 0.1) is 15.8 Å². The van der Waals surface area contributed by atoms with E-state index in [4.69, 9.17) is 4.74 Å². The van der Waals surface area contributed by atoms with Gasteiger partial charge < -0.3 is 4.74 Å². The van der Waals surface area contributed by atoms with E-state index >= 15 is 0 Å². The van der Waals surface area contributed by atoms with Crippen LogP contribution in [0, 0.1) is 0 Å². The Kier molecular flexibility index (Phi) is 3.99. The molecule has 0 aliphatic heterocycles. The highest BCUT2D eigenvalue weighted by Crippen LogP contribution is 2.31. The molecule has 4 aromatic rings. The molecule has 0 fully saturated rings. The number of rotatable bonds is 4. The number of carbonyl (C=O) groups excluding carboxylic acids is 1. The molecule has 122 valence electrons. The summed E-state index contributed by atoms with van der Waals surface area (Å²) in [6, 6.07) is 18.8. The van der Waals surface area contributed by atoms with Crippen LogP contribution < -0.4 is 4.74 Å². The van der Waals surface area contributed by atoms with Gasteiger partial charge in [0.2, 0.25) is 5.88 Å². The van der Waals surface area contributed by atoms with Crippen LogP contribution in [0.3, 0.4) is 0 Å². The van der Waals surface area contributed by atoms with Gasteiger partial charge in [-0.2, -0.15) is 4.98 Å². The van der Waals surface area contributed by atoms with Gasteiger partial charge in [-0.1, -0.05) is 18.2 Å². The van der Waals surface area contributed by atoms with Crippen molar-refractivity contribution in [3.63, 3.8) is 0 Å². The Morgan fingerprint density at radius 1 is 0.960 bits per heavy atom. The second kappa shape index (κ2) is 6.45. The van der Waals surface area contributed by atoms with Crippen molar-refractivity contribution < 1.29 is 9.53 Å². The number of nitrogens with zero attached hydrogens (tertiary/aromatic N) is 2. The first-order valence-corrected chi connectivity index (χ1v) is 8.68. The number of hydrogen-bond donors (Lipinski definition) is 0. The number of benzene rings is 2. The standard InChI is InChI=1S/C20H14N2O2S/c1-13(23)14-8-10-15(11-9-14)24-20-16-5-2-3-6-17(16)21-19(22-20)18-7-4-12-25-18/h2-12H,1H3. The normalized spacial score (nSPS) is 10.8. The van der Waals surface area contributed by atoms with Crippen molar-refractivity contribution >= 4 is 28.0 Å². The molecule has 0 bridgehead atoms. The van der Waals surface area contributed by atoms with Crippen LogP contribution in [-0.2, 0) is 0 Å². The monoisotopic (exact) mass is 346 g/mol. The Bertz CT molecular complexity index is 1040. The SMILES string of the molecule is CC(=O)c1ccc(Oc2nc(-c3cccs3)nc3ccccc23)cc1. The first-order valence-electron chi connectivity index (χ1n) is 7.80. The quantitative estimate of drug-likeness (QED) is 0.467. The van der Waals surface area contributed by atoms with Gasteiger partial charge in [-0.15, -0.1) is 11.3 Å². The summed E-state index contributed by atoms with van der Waals surface area (Å²) in [5.74, 6) is 1.80. The van der Waals surface area contributed by atoms with Gasteiger partial charge in [0, 0.05) is 5.56 Å². The molecule has 4 rings (SSSR count). The Hall–Kier alpha value is -3.05. The number of hydrogen-bond acceptors (Lipinski definition) is 5. The van der Waals surface area contributed by atoms with Crippen molar-refractivity contribution in [3.05, 3.63) is 71.6 Å². The predicted octanol–water partition coefficient (Wildman–Crippen LogP) is 5.35. The van der Waals surface area contributed by atoms with Crippen LogP contribution >= 0.6 is 11.3 Å². The Morgan fingerprint density at radius 3 is 2.48 bits per heavy atom. The summed E-state index contributed by atoms with van der Waals surface area (Å²) in [5.41, 5.74) is 1.48. The molecule has 0 aliphatic rings. The summed E-state index contributed by atoms with van der Waals surface area (Å²) in [4.78, 5) is 21.6. The highest BCUT2D eigenvalue weighted by atomic mass is 32.1. The summed E-state index contributed by atoms with van der Waals surface area (Å²) in [7, 11) is 0.